The minimum atomic E-state index is 0.569. The van der Waals surface area contributed by atoms with Crippen molar-refractivity contribution in [1.29, 1.82) is 0 Å². The van der Waals surface area contributed by atoms with Gasteiger partial charge >= 0.3 is 0 Å². The van der Waals surface area contributed by atoms with Crippen molar-refractivity contribution in [2.75, 3.05) is 6.54 Å². The van der Waals surface area contributed by atoms with E-state index in [4.69, 9.17) is 10.5 Å². The van der Waals surface area contributed by atoms with E-state index in [-0.39, 0.29) is 0 Å². The highest BCUT2D eigenvalue weighted by molar-refractivity contribution is 5.85. The molecule has 0 amide bonds. The molecule has 0 atom stereocenters. The van der Waals surface area contributed by atoms with Crippen LogP contribution < -0.4 is 10.5 Å². The van der Waals surface area contributed by atoms with E-state index in [9.17, 15) is 0 Å². The number of fused-ring (bicyclic) bond motifs is 1. The van der Waals surface area contributed by atoms with Gasteiger partial charge in [-0.25, -0.2) is 4.98 Å². The Balaban J connectivity index is 2.01. The summed E-state index contributed by atoms with van der Waals surface area (Å²) in [7, 11) is 0. The highest BCUT2D eigenvalue weighted by Gasteiger charge is 2.08. The zero-order chi connectivity index (χ0) is 13.8. The largest absolute Gasteiger partial charge is 0.438 e. The number of hydrogen-bond acceptors (Lipinski definition) is 4. The molecule has 4 nitrogen and oxygen atoms in total. The van der Waals surface area contributed by atoms with E-state index in [1.165, 1.54) is 0 Å². The number of pyridine rings is 2. The first-order valence-corrected chi connectivity index (χ1v) is 6.54. The standard InChI is InChI=1S/C16H15N3O/c17-9-8-12-4-2-11-19-16(12)20-15-7-1-6-14-13(15)5-3-10-18-14/h1-7,10-11H,8-9,17H2. The average Bonchev–Trinajstić information content (AvgIpc) is 2.50. The minimum absolute atomic E-state index is 0.569. The summed E-state index contributed by atoms with van der Waals surface area (Å²) in [5.74, 6) is 1.36. The van der Waals surface area contributed by atoms with Crippen molar-refractivity contribution < 1.29 is 4.74 Å². The normalized spacial score (nSPS) is 10.7. The van der Waals surface area contributed by atoms with E-state index in [1.807, 2.05) is 42.5 Å². The van der Waals surface area contributed by atoms with Crippen molar-refractivity contribution in [3.63, 3.8) is 0 Å². The number of rotatable bonds is 4. The highest BCUT2D eigenvalue weighted by Crippen LogP contribution is 2.29. The lowest BCUT2D eigenvalue weighted by Gasteiger charge is -2.10. The first-order chi connectivity index (χ1) is 9.88. The topological polar surface area (TPSA) is 61.0 Å². The summed E-state index contributed by atoms with van der Waals surface area (Å²) in [6.07, 6.45) is 4.23. The minimum Gasteiger partial charge on any atom is -0.438 e. The van der Waals surface area contributed by atoms with Gasteiger partial charge in [-0.1, -0.05) is 12.1 Å². The molecular weight excluding hydrogens is 250 g/mol. The number of ether oxygens (including phenoxy) is 1. The molecule has 0 fully saturated rings. The van der Waals surface area contributed by atoms with Crippen LogP contribution >= 0.6 is 0 Å². The maximum Gasteiger partial charge on any atom is 0.222 e. The molecule has 20 heavy (non-hydrogen) atoms. The van der Waals surface area contributed by atoms with Gasteiger partial charge in [0.25, 0.3) is 0 Å². The zero-order valence-corrected chi connectivity index (χ0v) is 11.0. The van der Waals surface area contributed by atoms with Gasteiger partial charge in [0, 0.05) is 23.3 Å². The van der Waals surface area contributed by atoms with Crippen LogP contribution in [0, 0.1) is 0 Å². The van der Waals surface area contributed by atoms with Crippen molar-refractivity contribution in [3.05, 3.63) is 60.4 Å². The second-order valence-electron chi connectivity index (χ2n) is 4.43. The van der Waals surface area contributed by atoms with Gasteiger partial charge in [-0.15, -0.1) is 0 Å². The highest BCUT2D eigenvalue weighted by atomic mass is 16.5. The van der Waals surface area contributed by atoms with Crippen molar-refractivity contribution in [3.8, 4) is 11.6 Å². The Morgan fingerprint density at radius 2 is 1.80 bits per heavy atom. The molecule has 0 saturated heterocycles. The monoisotopic (exact) mass is 265 g/mol. The second kappa shape index (κ2) is 5.67. The Hall–Kier alpha value is -2.46. The zero-order valence-electron chi connectivity index (χ0n) is 11.0. The number of benzene rings is 1. The molecule has 1 aromatic carbocycles. The van der Waals surface area contributed by atoms with Crippen LogP contribution in [0.3, 0.4) is 0 Å². The van der Waals surface area contributed by atoms with Gasteiger partial charge in [0.2, 0.25) is 5.88 Å². The van der Waals surface area contributed by atoms with Crippen molar-refractivity contribution in [1.82, 2.24) is 9.97 Å². The molecule has 0 aliphatic rings. The van der Waals surface area contributed by atoms with Gasteiger partial charge in [0.1, 0.15) is 5.75 Å². The molecule has 0 aliphatic carbocycles. The van der Waals surface area contributed by atoms with Crippen LogP contribution in [0.4, 0.5) is 0 Å². The Morgan fingerprint density at radius 1 is 0.950 bits per heavy atom. The molecule has 2 heterocycles. The van der Waals surface area contributed by atoms with Crippen LogP contribution in [0.1, 0.15) is 5.56 Å². The summed E-state index contributed by atoms with van der Waals surface area (Å²) in [6, 6.07) is 13.6. The number of nitrogens with two attached hydrogens (primary N) is 1. The first kappa shape index (κ1) is 12.6. The van der Waals surface area contributed by atoms with Gasteiger partial charge in [-0.3, -0.25) is 4.98 Å². The van der Waals surface area contributed by atoms with Crippen LogP contribution in [0.2, 0.25) is 0 Å². The lowest BCUT2D eigenvalue weighted by Crippen LogP contribution is -2.04. The Labute approximate surface area is 117 Å². The van der Waals surface area contributed by atoms with E-state index in [0.717, 1.165) is 28.6 Å². The molecular formula is C16H15N3O. The molecule has 2 aromatic heterocycles. The van der Waals surface area contributed by atoms with Crippen molar-refractivity contribution in [2.45, 2.75) is 6.42 Å². The summed E-state index contributed by atoms with van der Waals surface area (Å²) in [5, 5.41) is 0.972. The predicted molar refractivity (Wildman–Crippen MR) is 78.8 cm³/mol. The van der Waals surface area contributed by atoms with E-state index in [1.54, 1.807) is 12.4 Å². The molecule has 0 bridgehead atoms. The average molecular weight is 265 g/mol. The number of aromatic nitrogens is 2. The van der Waals surface area contributed by atoms with Crippen LogP contribution in [-0.2, 0) is 6.42 Å². The third-order valence-electron chi connectivity index (χ3n) is 3.08. The molecule has 0 saturated carbocycles. The Morgan fingerprint density at radius 3 is 2.70 bits per heavy atom. The smallest absolute Gasteiger partial charge is 0.222 e. The second-order valence-corrected chi connectivity index (χ2v) is 4.43. The predicted octanol–water partition coefficient (Wildman–Crippen LogP) is 2.92. The van der Waals surface area contributed by atoms with Gasteiger partial charge in [-0.2, -0.15) is 0 Å². The Kier molecular flexibility index (Phi) is 3.56. The van der Waals surface area contributed by atoms with Gasteiger partial charge in [0.05, 0.1) is 5.52 Å². The Bertz CT molecular complexity index is 722. The van der Waals surface area contributed by atoms with E-state index < -0.39 is 0 Å². The molecule has 3 aromatic rings. The third kappa shape index (κ3) is 2.46. The van der Waals surface area contributed by atoms with E-state index in [0.29, 0.717) is 12.4 Å². The molecule has 4 heteroatoms. The first-order valence-electron chi connectivity index (χ1n) is 6.54. The molecule has 0 aliphatic heterocycles. The molecule has 100 valence electrons. The van der Waals surface area contributed by atoms with Gasteiger partial charge in [-0.05, 0) is 43.3 Å². The number of hydrogen-bond donors (Lipinski definition) is 1. The fraction of sp³-hybridized carbons (Fsp3) is 0.125. The molecule has 0 unspecified atom stereocenters. The SMILES string of the molecule is NCCc1cccnc1Oc1cccc2ncccc12. The molecule has 0 spiro atoms. The fourth-order valence-electron chi connectivity index (χ4n) is 2.13. The summed E-state index contributed by atoms with van der Waals surface area (Å²) < 4.78 is 5.97. The molecule has 0 radical (unpaired) electrons. The quantitative estimate of drug-likeness (QED) is 0.788. The van der Waals surface area contributed by atoms with Gasteiger partial charge in [0.15, 0.2) is 0 Å². The summed E-state index contributed by atoms with van der Waals surface area (Å²) in [5.41, 5.74) is 7.53. The lowest BCUT2D eigenvalue weighted by atomic mass is 10.2. The van der Waals surface area contributed by atoms with Crippen LogP contribution in [0.5, 0.6) is 11.6 Å². The van der Waals surface area contributed by atoms with Gasteiger partial charge < -0.3 is 10.5 Å². The lowest BCUT2D eigenvalue weighted by molar-refractivity contribution is 0.461. The number of nitrogens with zero attached hydrogens (tertiary/aromatic N) is 2. The van der Waals surface area contributed by atoms with Crippen LogP contribution in [0.15, 0.2) is 54.9 Å². The molecule has 2 N–H and O–H groups in total. The summed E-state index contributed by atoms with van der Waals surface area (Å²) in [4.78, 5) is 8.62. The third-order valence-corrected chi connectivity index (χ3v) is 3.08. The summed E-state index contributed by atoms with van der Waals surface area (Å²) in [6.45, 7) is 0.569. The molecule has 3 rings (SSSR count). The van der Waals surface area contributed by atoms with Crippen LogP contribution in [0.25, 0.3) is 10.9 Å². The maximum absolute atomic E-state index is 5.97. The van der Waals surface area contributed by atoms with Crippen molar-refractivity contribution >= 4 is 10.9 Å². The van der Waals surface area contributed by atoms with E-state index in [2.05, 4.69) is 9.97 Å². The summed E-state index contributed by atoms with van der Waals surface area (Å²) >= 11 is 0. The maximum atomic E-state index is 5.97. The van der Waals surface area contributed by atoms with E-state index >= 15 is 0 Å². The van der Waals surface area contributed by atoms with Crippen molar-refractivity contribution in [2.24, 2.45) is 5.73 Å². The fourth-order valence-corrected chi connectivity index (χ4v) is 2.13. The van der Waals surface area contributed by atoms with Crippen LogP contribution in [-0.4, -0.2) is 16.5 Å².